The molecule has 32 heavy (non-hydrogen) atoms. The van der Waals surface area contributed by atoms with E-state index >= 15 is 0 Å². The van der Waals surface area contributed by atoms with Gasteiger partial charge in [-0.15, -0.1) is 11.3 Å². The zero-order chi connectivity index (χ0) is 22.1. The number of hydrogen-bond acceptors (Lipinski definition) is 5. The molecule has 0 aliphatic heterocycles. The van der Waals surface area contributed by atoms with Gasteiger partial charge in [0.15, 0.2) is 0 Å². The van der Waals surface area contributed by atoms with Crippen molar-refractivity contribution in [3.8, 4) is 6.07 Å². The van der Waals surface area contributed by atoms with Crippen molar-refractivity contribution < 1.29 is 4.79 Å². The van der Waals surface area contributed by atoms with Crippen molar-refractivity contribution in [2.45, 2.75) is 13.5 Å². The van der Waals surface area contributed by atoms with Crippen molar-refractivity contribution in [3.63, 3.8) is 0 Å². The number of aromatic nitrogens is 2. The lowest BCUT2D eigenvalue weighted by Crippen LogP contribution is -2.21. The molecule has 7 heteroatoms. The number of aryl methyl sites for hydroxylation is 1. The lowest BCUT2D eigenvalue weighted by Gasteiger charge is -2.12. The van der Waals surface area contributed by atoms with E-state index in [2.05, 4.69) is 26.7 Å². The Morgan fingerprint density at radius 2 is 2.00 bits per heavy atom. The highest BCUT2D eigenvalue weighted by Gasteiger charge is 2.17. The summed E-state index contributed by atoms with van der Waals surface area (Å²) in [5.74, 6) is -0.161. The number of nitriles is 1. The molecule has 2 aromatic carbocycles. The molecule has 156 valence electrons. The number of H-pyrrole nitrogens is 1. The van der Waals surface area contributed by atoms with Crippen LogP contribution >= 0.6 is 11.3 Å². The minimum atomic E-state index is -0.161. The molecule has 0 fully saturated rings. The van der Waals surface area contributed by atoms with Crippen LogP contribution in [0.15, 0.2) is 67.0 Å². The topological polar surface area (TPSA) is 93.6 Å². The lowest BCUT2D eigenvalue weighted by atomic mass is 10.1. The second kappa shape index (κ2) is 8.17. The fourth-order valence-corrected chi connectivity index (χ4v) is 4.67. The number of anilines is 2. The highest BCUT2D eigenvalue weighted by molar-refractivity contribution is 7.20. The molecule has 0 atom stereocenters. The molecule has 5 rings (SSSR count). The van der Waals surface area contributed by atoms with E-state index in [-0.39, 0.29) is 5.91 Å². The molecule has 3 heterocycles. The zero-order valence-electron chi connectivity index (χ0n) is 17.3. The molecule has 3 N–H and O–H groups in total. The molecular formula is C25H19N5OS. The van der Waals surface area contributed by atoms with Gasteiger partial charge in [-0.2, -0.15) is 5.26 Å². The first-order valence-corrected chi connectivity index (χ1v) is 10.9. The number of pyridine rings is 1. The number of benzene rings is 2. The van der Waals surface area contributed by atoms with Gasteiger partial charge < -0.3 is 15.6 Å². The maximum absolute atomic E-state index is 12.8. The number of nitrogens with one attached hydrogen (secondary N) is 3. The number of rotatable bonds is 5. The highest BCUT2D eigenvalue weighted by atomic mass is 32.1. The van der Waals surface area contributed by atoms with E-state index in [1.807, 2.05) is 61.7 Å². The van der Waals surface area contributed by atoms with Crippen LogP contribution in [0.4, 0.5) is 11.4 Å². The third-order valence-corrected chi connectivity index (χ3v) is 6.51. The number of carbonyl (C=O) groups is 1. The average Bonchev–Trinajstić information content (AvgIpc) is 3.48. The summed E-state index contributed by atoms with van der Waals surface area (Å²) < 4.78 is 0. The van der Waals surface area contributed by atoms with Crippen LogP contribution in [-0.2, 0) is 6.54 Å². The summed E-state index contributed by atoms with van der Waals surface area (Å²) in [5, 5.41) is 17.9. The predicted molar refractivity (Wildman–Crippen MR) is 128 cm³/mol. The molecule has 0 aliphatic carbocycles. The summed E-state index contributed by atoms with van der Waals surface area (Å²) in [6.45, 7) is 2.49. The fraction of sp³-hybridized carbons (Fsp3) is 0.0800. The van der Waals surface area contributed by atoms with Crippen molar-refractivity contribution >= 4 is 49.7 Å². The van der Waals surface area contributed by atoms with Gasteiger partial charge in [0.05, 0.1) is 16.1 Å². The Morgan fingerprint density at radius 3 is 2.81 bits per heavy atom. The first-order chi connectivity index (χ1) is 15.6. The van der Waals surface area contributed by atoms with Crippen LogP contribution in [0.25, 0.3) is 21.1 Å². The van der Waals surface area contributed by atoms with Crippen LogP contribution in [0, 0.1) is 18.3 Å². The Bertz CT molecular complexity index is 1490. The minimum Gasteiger partial charge on any atom is -0.361 e. The maximum Gasteiger partial charge on any atom is 0.261 e. The molecule has 0 bridgehead atoms. The minimum absolute atomic E-state index is 0.161. The molecule has 0 spiro atoms. The summed E-state index contributed by atoms with van der Waals surface area (Å²) >= 11 is 1.32. The molecule has 0 radical (unpaired) electrons. The van der Waals surface area contributed by atoms with Crippen molar-refractivity contribution in [3.05, 3.63) is 88.6 Å². The van der Waals surface area contributed by atoms with Gasteiger partial charge in [0.25, 0.3) is 5.91 Å². The van der Waals surface area contributed by atoms with Gasteiger partial charge in [0.1, 0.15) is 10.9 Å². The third-order valence-electron chi connectivity index (χ3n) is 5.47. The van der Waals surface area contributed by atoms with Gasteiger partial charge in [-0.25, -0.2) is 4.98 Å². The number of thiophene rings is 1. The maximum atomic E-state index is 12.8. The Hall–Kier alpha value is -4.15. The molecule has 6 nitrogen and oxygen atoms in total. The molecule has 0 saturated carbocycles. The van der Waals surface area contributed by atoms with Crippen LogP contribution < -0.4 is 10.6 Å². The fourth-order valence-electron chi connectivity index (χ4n) is 3.74. The summed E-state index contributed by atoms with van der Waals surface area (Å²) in [5.41, 5.74) is 5.16. The van der Waals surface area contributed by atoms with Crippen molar-refractivity contribution in [2.75, 3.05) is 5.32 Å². The summed E-state index contributed by atoms with van der Waals surface area (Å²) in [6, 6.07) is 19.8. The Labute approximate surface area is 188 Å². The van der Waals surface area contributed by atoms with Gasteiger partial charge in [-0.3, -0.25) is 4.79 Å². The van der Waals surface area contributed by atoms with Crippen LogP contribution in [0.5, 0.6) is 0 Å². The highest BCUT2D eigenvalue weighted by Crippen LogP contribution is 2.36. The average molecular weight is 438 g/mol. The monoisotopic (exact) mass is 437 g/mol. The standard InChI is InChI=1S/C25H19N5OS/c1-15-18-9-10-27-21(18)8-7-20(15)30-23-17(12-26)14-29-25-19(23)11-22(32-25)24(31)28-13-16-5-3-2-4-6-16/h2-11,14,27H,13H2,1H3,(H,28,31)(H,29,30). The SMILES string of the molecule is Cc1c(Nc2c(C#N)cnc3sc(C(=O)NCc4ccccc4)cc23)ccc2[nH]ccc12. The summed E-state index contributed by atoms with van der Waals surface area (Å²) in [4.78, 5) is 21.6. The van der Waals surface area contributed by atoms with E-state index in [1.54, 1.807) is 12.3 Å². The number of hydrogen-bond donors (Lipinski definition) is 3. The number of aromatic amines is 1. The first kappa shape index (κ1) is 19.8. The van der Waals surface area contributed by atoms with Crippen molar-refractivity contribution in [1.82, 2.24) is 15.3 Å². The lowest BCUT2D eigenvalue weighted by molar-refractivity contribution is 0.0955. The predicted octanol–water partition coefficient (Wildman–Crippen LogP) is 5.63. The molecule has 5 aromatic rings. The molecule has 1 amide bonds. The first-order valence-electron chi connectivity index (χ1n) is 10.1. The zero-order valence-corrected chi connectivity index (χ0v) is 18.1. The van der Waals surface area contributed by atoms with E-state index in [1.165, 1.54) is 11.3 Å². The van der Waals surface area contributed by atoms with E-state index in [0.717, 1.165) is 33.1 Å². The second-order valence-electron chi connectivity index (χ2n) is 7.46. The van der Waals surface area contributed by atoms with Crippen LogP contribution in [0.3, 0.4) is 0 Å². The van der Waals surface area contributed by atoms with Crippen LogP contribution in [0.1, 0.15) is 26.4 Å². The Balaban J connectivity index is 1.49. The molecule has 0 aliphatic rings. The number of nitrogens with zero attached hydrogens (tertiary/aromatic N) is 2. The molecule has 0 saturated heterocycles. The largest absolute Gasteiger partial charge is 0.361 e. The van der Waals surface area contributed by atoms with Gasteiger partial charge in [-0.1, -0.05) is 30.3 Å². The van der Waals surface area contributed by atoms with E-state index in [9.17, 15) is 10.1 Å². The smallest absolute Gasteiger partial charge is 0.261 e. The summed E-state index contributed by atoms with van der Waals surface area (Å²) in [7, 11) is 0. The Morgan fingerprint density at radius 1 is 1.16 bits per heavy atom. The van der Waals surface area contributed by atoms with Gasteiger partial charge in [0.2, 0.25) is 0 Å². The number of amides is 1. The van der Waals surface area contributed by atoms with Crippen LogP contribution in [-0.4, -0.2) is 15.9 Å². The molecule has 0 unspecified atom stereocenters. The van der Waals surface area contributed by atoms with Gasteiger partial charge in [0, 0.05) is 40.9 Å². The van der Waals surface area contributed by atoms with Gasteiger partial charge in [-0.05, 0) is 42.3 Å². The van der Waals surface area contributed by atoms with Gasteiger partial charge >= 0.3 is 0 Å². The molecule has 3 aromatic heterocycles. The van der Waals surface area contributed by atoms with E-state index < -0.39 is 0 Å². The third kappa shape index (κ3) is 3.57. The quantitative estimate of drug-likeness (QED) is 0.332. The van der Waals surface area contributed by atoms with E-state index in [0.29, 0.717) is 27.5 Å². The number of carbonyl (C=O) groups excluding carboxylic acids is 1. The van der Waals surface area contributed by atoms with Crippen molar-refractivity contribution in [1.29, 1.82) is 5.26 Å². The summed E-state index contributed by atoms with van der Waals surface area (Å²) in [6.07, 6.45) is 3.46. The second-order valence-corrected chi connectivity index (χ2v) is 8.49. The van der Waals surface area contributed by atoms with E-state index in [4.69, 9.17) is 0 Å². The Kier molecular flexibility index (Phi) is 5.06. The number of fused-ring (bicyclic) bond motifs is 2. The van der Waals surface area contributed by atoms with Crippen LogP contribution in [0.2, 0.25) is 0 Å². The molecular weight excluding hydrogens is 418 g/mol. The van der Waals surface area contributed by atoms with Crippen molar-refractivity contribution in [2.24, 2.45) is 0 Å². The normalized spacial score (nSPS) is 10.9.